The lowest BCUT2D eigenvalue weighted by Gasteiger charge is -2.39. The van der Waals surface area contributed by atoms with E-state index in [1.807, 2.05) is 0 Å². The van der Waals surface area contributed by atoms with Gasteiger partial charge in [-0.1, -0.05) is 17.7 Å². The summed E-state index contributed by atoms with van der Waals surface area (Å²) in [4.78, 5) is 42.8. The Morgan fingerprint density at radius 1 is 1.23 bits per heavy atom. The molecule has 31 heavy (non-hydrogen) atoms. The summed E-state index contributed by atoms with van der Waals surface area (Å²) < 4.78 is 0. The molecule has 2 saturated heterocycles. The Morgan fingerprint density at radius 3 is 2.61 bits per heavy atom. The van der Waals surface area contributed by atoms with E-state index in [9.17, 15) is 19.5 Å². The summed E-state index contributed by atoms with van der Waals surface area (Å²) in [7, 11) is 0. The number of nitrogens with zero attached hydrogens (tertiary/aromatic N) is 3. The summed E-state index contributed by atoms with van der Waals surface area (Å²) in [5, 5.41) is 13.3. The minimum atomic E-state index is -0.682. The van der Waals surface area contributed by atoms with Crippen LogP contribution in [0.5, 0.6) is 0 Å². The van der Waals surface area contributed by atoms with E-state index in [0.717, 1.165) is 0 Å². The number of likely N-dealkylation sites (tertiary alicyclic amines) is 1. The maximum absolute atomic E-state index is 12.8. The summed E-state index contributed by atoms with van der Waals surface area (Å²) >= 11 is 5.95. The lowest BCUT2D eigenvalue weighted by atomic mass is 9.93. The highest BCUT2D eigenvalue weighted by Crippen LogP contribution is 2.22. The van der Waals surface area contributed by atoms with Crippen LogP contribution in [0, 0.1) is 0 Å². The third-order valence-corrected chi connectivity index (χ3v) is 6.33. The van der Waals surface area contributed by atoms with Crippen molar-refractivity contribution in [3.8, 4) is 0 Å². The molecule has 9 heteroatoms. The number of rotatable bonds is 5. The molecular weight excluding hydrogens is 420 g/mol. The van der Waals surface area contributed by atoms with Gasteiger partial charge in [0.2, 0.25) is 11.8 Å². The summed E-state index contributed by atoms with van der Waals surface area (Å²) in [6, 6.07) is 5.96. The first kappa shape index (κ1) is 23.3. The summed E-state index contributed by atoms with van der Waals surface area (Å²) in [6.07, 6.45) is 2.14. The first-order valence-electron chi connectivity index (χ1n) is 10.8. The number of halogens is 1. The van der Waals surface area contributed by atoms with Gasteiger partial charge in [0, 0.05) is 49.9 Å². The predicted octanol–water partition coefficient (Wildman–Crippen LogP) is 2.56. The number of hydrogen-bond acceptors (Lipinski definition) is 4. The van der Waals surface area contributed by atoms with Crippen LogP contribution in [-0.4, -0.2) is 82.0 Å². The molecule has 8 nitrogen and oxygen atoms in total. The van der Waals surface area contributed by atoms with Crippen LogP contribution >= 0.6 is 11.6 Å². The van der Waals surface area contributed by atoms with Crippen molar-refractivity contribution in [3.63, 3.8) is 0 Å². The van der Waals surface area contributed by atoms with E-state index in [1.54, 1.807) is 47.9 Å². The number of piperidine rings is 1. The highest BCUT2D eigenvalue weighted by molar-refractivity contribution is 6.30. The zero-order valence-electron chi connectivity index (χ0n) is 18.1. The number of carbonyl (C=O) groups is 3. The van der Waals surface area contributed by atoms with Crippen LogP contribution in [0.4, 0.5) is 10.5 Å². The number of anilines is 1. The zero-order chi connectivity index (χ0) is 22.6. The standard InChI is InChI=1S/C22H31ClN4O4/c1-16-20(29)26(10-4-7-19(28)25-11-8-22(2,31)9-12-25)13-14-27(16)21(30)24-18-6-3-5-17(23)15-18/h3,5-6,15-16,31H,4,7-14H2,1-2H3,(H,24,30). The molecule has 3 rings (SSSR count). The monoisotopic (exact) mass is 450 g/mol. The minimum absolute atomic E-state index is 0.0653. The van der Waals surface area contributed by atoms with Crippen molar-refractivity contribution in [3.05, 3.63) is 29.3 Å². The largest absolute Gasteiger partial charge is 0.390 e. The normalized spacial score (nSPS) is 21.2. The van der Waals surface area contributed by atoms with E-state index in [4.69, 9.17) is 11.6 Å². The maximum atomic E-state index is 12.8. The van der Waals surface area contributed by atoms with E-state index >= 15 is 0 Å². The number of carbonyl (C=O) groups excluding carboxylic acids is 3. The number of benzene rings is 1. The Bertz CT molecular complexity index is 821. The molecule has 2 aliphatic heterocycles. The summed E-state index contributed by atoms with van der Waals surface area (Å²) in [5.74, 6) is -0.0514. The Morgan fingerprint density at radius 2 is 1.94 bits per heavy atom. The molecule has 2 N–H and O–H groups in total. The Labute approximate surface area is 188 Å². The second kappa shape index (κ2) is 9.87. The van der Waals surface area contributed by atoms with Gasteiger partial charge in [0.05, 0.1) is 5.60 Å². The molecule has 0 spiro atoms. The molecule has 2 heterocycles. The first-order valence-corrected chi connectivity index (χ1v) is 11.2. The fourth-order valence-corrected chi connectivity index (χ4v) is 4.20. The number of piperazine rings is 1. The fraction of sp³-hybridized carbons (Fsp3) is 0.591. The topological polar surface area (TPSA) is 93.2 Å². The molecule has 0 aliphatic carbocycles. The van der Waals surface area contributed by atoms with Crippen LogP contribution in [0.15, 0.2) is 24.3 Å². The van der Waals surface area contributed by atoms with Gasteiger partial charge in [-0.05, 0) is 51.3 Å². The van der Waals surface area contributed by atoms with Crippen LogP contribution < -0.4 is 5.32 Å². The SMILES string of the molecule is CC1C(=O)N(CCCC(=O)N2CCC(C)(O)CC2)CCN1C(=O)Nc1cccc(Cl)c1. The van der Waals surface area contributed by atoms with E-state index in [2.05, 4.69) is 5.32 Å². The van der Waals surface area contributed by atoms with Gasteiger partial charge in [-0.3, -0.25) is 9.59 Å². The van der Waals surface area contributed by atoms with Gasteiger partial charge in [0.15, 0.2) is 0 Å². The van der Waals surface area contributed by atoms with Crippen molar-refractivity contribution in [2.24, 2.45) is 0 Å². The molecule has 1 aromatic carbocycles. The average Bonchev–Trinajstić information content (AvgIpc) is 2.71. The van der Waals surface area contributed by atoms with E-state index < -0.39 is 11.6 Å². The minimum Gasteiger partial charge on any atom is -0.390 e. The van der Waals surface area contributed by atoms with Crippen LogP contribution in [0.2, 0.25) is 5.02 Å². The Kier molecular flexibility index (Phi) is 7.43. The molecule has 1 unspecified atom stereocenters. The van der Waals surface area contributed by atoms with Crippen molar-refractivity contribution < 1.29 is 19.5 Å². The smallest absolute Gasteiger partial charge is 0.322 e. The van der Waals surface area contributed by atoms with Crippen molar-refractivity contribution in [1.82, 2.24) is 14.7 Å². The lowest BCUT2D eigenvalue weighted by molar-refractivity contribution is -0.140. The van der Waals surface area contributed by atoms with Crippen molar-refractivity contribution in [2.45, 2.75) is 51.2 Å². The van der Waals surface area contributed by atoms with Crippen molar-refractivity contribution in [2.75, 3.05) is 38.0 Å². The molecule has 4 amide bonds. The van der Waals surface area contributed by atoms with Crippen LogP contribution in [0.25, 0.3) is 0 Å². The van der Waals surface area contributed by atoms with Gasteiger partial charge in [0.1, 0.15) is 6.04 Å². The number of urea groups is 1. The molecular formula is C22H31ClN4O4. The Hall–Kier alpha value is -2.32. The predicted molar refractivity (Wildman–Crippen MR) is 119 cm³/mol. The third kappa shape index (κ3) is 6.11. The number of hydrogen-bond donors (Lipinski definition) is 2. The number of amides is 4. The van der Waals surface area contributed by atoms with Gasteiger partial charge in [-0.25, -0.2) is 4.79 Å². The van der Waals surface area contributed by atoms with Crippen molar-refractivity contribution >= 4 is 35.1 Å². The maximum Gasteiger partial charge on any atom is 0.322 e. The second-order valence-electron chi connectivity index (χ2n) is 8.62. The van der Waals surface area contributed by atoms with E-state index in [-0.39, 0.29) is 17.8 Å². The van der Waals surface area contributed by atoms with Gasteiger partial charge < -0.3 is 25.1 Å². The van der Waals surface area contributed by atoms with Crippen LogP contribution in [0.3, 0.4) is 0 Å². The van der Waals surface area contributed by atoms with Crippen LogP contribution in [0.1, 0.15) is 39.5 Å². The number of nitrogens with one attached hydrogen (secondary N) is 1. The molecule has 1 atom stereocenters. The van der Waals surface area contributed by atoms with E-state index in [0.29, 0.717) is 69.1 Å². The third-order valence-electron chi connectivity index (χ3n) is 6.10. The quantitative estimate of drug-likeness (QED) is 0.721. The van der Waals surface area contributed by atoms with Gasteiger partial charge in [0.25, 0.3) is 0 Å². The number of aliphatic hydroxyl groups is 1. The first-order chi connectivity index (χ1) is 14.7. The lowest BCUT2D eigenvalue weighted by Crippen LogP contribution is -2.58. The molecule has 170 valence electrons. The highest BCUT2D eigenvalue weighted by atomic mass is 35.5. The van der Waals surface area contributed by atoms with Crippen molar-refractivity contribution in [1.29, 1.82) is 0 Å². The molecule has 0 radical (unpaired) electrons. The van der Waals surface area contributed by atoms with E-state index in [1.165, 1.54) is 4.90 Å². The van der Waals surface area contributed by atoms with Gasteiger partial charge in [-0.2, -0.15) is 0 Å². The highest BCUT2D eigenvalue weighted by Gasteiger charge is 2.34. The second-order valence-corrected chi connectivity index (χ2v) is 9.05. The molecule has 1 aromatic rings. The molecule has 0 saturated carbocycles. The molecule has 2 aliphatic rings. The Balaban J connectivity index is 1.44. The fourth-order valence-electron chi connectivity index (χ4n) is 4.01. The van der Waals surface area contributed by atoms with Gasteiger partial charge in [-0.15, -0.1) is 0 Å². The molecule has 0 aromatic heterocycles. The van der Waals surface area contributed by atoms with Gasteiger partial charge >= 0.3 is 6.03 Å². The average molecular weight is 451 g/mol. The van der Waals surface area contributed by atoms with Crippen LogP contribution in [-0.2, 0) is 9.59 Å². The molecule has 2 fully saturated rings. The summed E-state index contributed by atoms with van der Waals surface area (Å²) in [5.41, 5.74) is -0.102. The summed E-state index contributed by atoms with van der Waals surface area (Å²) in [6.45, 7) is 6.02. The molecule has 0 bridgehead atoms. The zero-order valence-corrected chi connectivity index (χ0v) is 18.9.